The predicted octanol–water partition coefficient (Wildman–Crippen LogP) is 2.52. The number of likely N-dealkylation sites (tertiary alicyclic amines) is 1. The molecule has 0 aromatic heterocycles. The third-order valence-corrected chi connectivity index (χ3v) is 3.39. The SMILES string of the molecule is COC(=O)/C=C/[C@@H]1CCCN1C(=O)OCc1ccccc1. The highest BCUT2D eigenvalue weighted by atomic mass is 16.6. The van der Waals surface area contributed by atoms with Gasteiger partial charge in [0.25, 0.3) is 0 Å². The van der Waals surface area contributed by atoms with E-state index in [1.165, 1.54) is 13.2 Å². The number of benzene rings is 1. The molecule has 0 saturated carbocycles. The summed E-state index contributed by atoms with van der Waals surface area (Å²) < 4.78 is 9.86. The van der Waals surface area contributed by atoms with E-state index in [0.29, 0.717) is 6.54 Å². The molecule has 1 saturated heterocycles. The summed E-state index contributed by atoms with van der Waals surface area (Å²) in [5.41, 5.74) is 0.951. The van der Waals surface area contributed by atoms with Crippen LogP contribution in [0.3, 0.4) is 0 Å². The molecule has 1 amide bonds. The van der Waals surface area contributed by atoms with Crippen molar-refractivity contribution >= 4 is 12.1 Å². The van der Waals surface area contributed by atoms with Gasteiger partial charge in [-0.2, -0.15) is 0 Å². The van der Waals surface area contributed by atoms with E-state index in [1.54, 1.807) is 11.0 Å². The van der Waals surface area contributed by atoms with E-state index >= 15 is 0 Å². The van der Waals surface area contributed by atoms with Gasteiger partial charge in [-0.3, -0.25) is 0 Å². The average Bonchev–Trinajstić information content (AvgIpc) is 2.99. The highest BCUT2D eigenvalue weighted by Gasteiger charge is 2.28. The molecule has 5 nitrogen and oxygen atoms in total. The summed E-state index contributed by atoms with van der Waals surface area (Å²) in [6.45, 7) is 0.896. The molecule has 0 bridgehead atoms. The molecule has 0 unspecified atom stereocenters. The summed E-state index contributed by atoms with van der Waals surface area (Å²) in [4.78, 5) is 24.9. The van der Waals surface area contributed by atoms with Crippen LogP contribution in [0.25, 0.3) is 0 Å². The molecule has 1 aliphatic rings. The van der Waals surface area contributed by atoms with Crippen LogP contribution in [0, 0.1) is 0 Å². The van der Waals surface area contributed by atoms with Crippen molar-refractivity contribution in [2.24, 2.45) is 0 Å². The molecule has 0 radical (unpaired) electrons. The van der Waals surface area contributed by atoms with Gasteiger partial charge >= 0.3 is 12.1 Å². The second kappa shape index (κ2) is 7.47. The van der Waals surface area contributed by atoms with Gasteiger partial charge in [-0.05, 0) is 18.4 Å². The molecule has 1 atom stereocenters. The Morgan fingerprint density at radius 2 is 2.10 bits per heavy atom. The van der Waals surface area contributed by atoms with Crippen molar-refractivity contribution in [1.29, 1.82) is 0 Å². The van der Waals surface area contributed by atoms with E-state index in [4.69, 9.17) is 4.74 Å². The van der Waals surface area contributed by atoms with Crippen molar-refractivity contribution in [2.45, 2.75) is 25.5 Å². The Bertz CT molecular complexity index is 512. The Morgan fingerprint density at radius 3 is 2.81 bits per heavy atom. The Kier molecular flexibility index (Phi) is 5.37. The maximum atomic E-state index is 12.1. The highest BCUT2D eigenvalue weighted by molar-refractivity contribution is 5.82. The van der Waals surface area contributed by atoms with Gasteiger partial charge in [-0.15, -0.1) is 0 Å². The molecule has 0 spiro atoms. The third kappa shape index (κ3) is 4.34. The maximum Gasteiger partial charge on any atom is 0.410 e. The van der Waals surface area contributed by atoms with Crippen molar-refractivity contribution in [1.82, 2.24) is 4.90 Å². The van der Waals surface area contributed by atoms with E-state index in [1.807, 2.05) is 30.3 Å². The quantitative estimate of drug-likeness (QED) is 0.631. The van der Waals surface area contributed by atoms with Crippen molar-refractivity contribution in [2.75, 3.05) is 13.7 Å². The second-order valence-corrected chi connectivity index (χ2v) is 4.83. The van der Waals surface area contributed by atoms with E-state index in [2.05, 4.69) is 4.74 Å². The van der Waals surface area contributed by atoms with Crippen LogP contribution in [0.5, 0.6) is 0 Å². The number of nitrogens with zero attached hydrogens (tertiary/aromatic N) is 1. The predicted molar refractivity (Wildman–Crippen MR) is 77.5 cm³/mol. The van der Waals surface area contributed by atoms with Gasteiger partial charge in [0.1, 0.15) is 6.61 Å². The largest absolute Gasteiger partial charge is 0.466 e. The number of carbonyl (C=O) groups excluding carboxylic acids is 2. The Labute approximate surface area is 124 Å². The highest BCUT2D eigenvalue weighted by Crippen LogP contribution is 2.19. The average molecular weight is 289 g/mol. The summed E-state index contributed by atoms with van der Waals surface area (Å²) in [5.74, 6) is -0.417. The first-order valence-corrected chi connectivity index (χ1v) is 6.94. The molecular weight excluding hydrogens is 270 g/mol. The smallest absolute Gasteiger partial charge is 0.410 e. The molecule has 1 aromatic rings. The Balaban J connectivity index is 1.88. The molecule has 0 N–H and O–H groups in total. The summed E-state index contributed by atoms with van der Waals surface area (Å²) in [6, 6.07) is 9.44. The van der Waals surface area contributed by atoms with Gasteiger partial charge in [0, 0.05) is 12.6 Å². The van der Waals surface area contributed by atoms with Crippen LogP contribution in [-0.4, -0.2) is 36.7 Å². The first-order valence-electron chi connectivity index (χ1n) is 6.94. The van der Waals surface area contributed by atoms with Crippen LogP contribution < -0.4 is 0 Å². The fourth-order valence-corrected chi connectivity index (χ4v) is 2.28. The van der Waals surface area contributed by atoms with Crippen LogP contribution in [0.4, 0.5) is 4.79 Å². The third-order valence-electron chi connectivity index (χ3n) is 3.39. The van der Waals surface area contributed by atoms with Gasteiger partial charge in [0.2, 0.25) is 0 Å². The van der Waals surface area contributed by atoms with Crippen molar-refractivity contribution in [3.63, 3.8) is 0 Å². The molecule has 1 aromatic carbocycles. The molecule has 1 aliphatic heterocycles. The van der Waals surface area contributed by atoms with Gasteiger partial charge in [0.15, 0.2) is 0 Å². The molecule has 5 heteroatoms. The Morgan fingerprint density at radius 1 is 1.33 bits per heavy atom. The van der Waals surface area contributed by atoms with Crippen LogP contribution in [0.15, 0.2) is 42.5 Å². The first kappa shape index (κ1) is 15.1. The molecular formula is C16H19NO4. The first-order chi connectivity index (χ1) is 10.2. The van der Waals surface area contributed by atoms with E-state index in [9.17, 15) is 9.59 Å². The summed E-state index contributed by atoms with van der Waals surface area (Å²) in [7, 11) is 1.33. The molecule has 21 heavy (non-hydrogen) atoms. The number of methoxy groups -OCH3 is 1. The van der Waals surface area contributed by atoms with Gasteiger partial charge in [-0.25, -0.2) is 9.59 Å². The van der Waals surface area contributed by atoms with Crippen molar-refractivity contribution < 1.29 is 19.1 Å². The van der Waals surface area contributed by atoms with E-state index in [-0.39, 0.29) is 18.7 Å². The van der Waals surface area contributed by atoms with Crippen molar-refractivity contribution in [3.8, 4) is 0 Å². The molecule has 0 aliphatic carbocycles. The summed E-state index contributed by atoms with van der Waals surface area (Å²) in [6.07, 6.45) is 4.43. The number of hydrogen-bond acceptors (Lipinski definition) is 4. The lowest BCUT2D eigenvalue weighted by Gasteiger charge is -2.21. The zero-order valence-corrected chi connectivity index (χ0v) is 12.0. The van der Waals surface area contributed by atoms with Crippen molar-refractivity contribution in [3.05, 3.63) is 48.0 Å². The molecule has 112 valence electrons. The zero-order valence-electron chi connectivity index (χ0n) is 12.0. The van der Waals surface area contributed by atoms with Crippen LogP contribution in [-0.2, 0) is 20.9 Å². The fourth-order valence-electron chi connectivity index (χ4n) is 2.28. The maximum absolute atomic E-state index is 12.1. The van der Waals surface area contributed by atoms with E-state index in [0.717, 1.165) is 18.4 Å². The molecule has 1 heterocycles. The lowest BCUT2D eigenvalue weighted by Crippen LogP contribution is -2.34. The minimum Gasteiger partial charge on any atom is -0.466 e. The van der Waals surface area contributed by atoms with Crippen LogP contribution >= 0.6 is 0 Å². The number of ether oxygens (including phenoxy) is 2. The van der Waals surface area contributed by atoms with Gasteiger partial charge in [0.05, 0.1) is 13.2 Å². The fraction of sp³-hybridized carbons (Fsp3) is 0.375. The number of amides is 1. The Hall–Kier alpha value is -2.30. The standard InChI is InChI=1S/C16H19NO4/c1-20-15(18)10-9-14-8-5-11-17(14)16(19)21-12-13-6-3-2-4-7-13/h2-4,6-7,9-10,14H,5,8,11-12H2,1H3/b10-9+/t14-/m0/s1. The minimum atomic E-state index is -0.417. The lowest BCUT2D eigenvalue weighted by atomic mass is 10.2. The second-order valence-electron chi connectivity index (χ2n) is 4.83. The molecule has 2 rings (SSSR count). The topological polar surface area (TPSA) is 55.8 Å². The van der Waals surface area contributed by atoms with Gasteiger partial charge in [-0.1, -0.05) is 36.4 Å². The van der Waals surface area contributed by atoms with Crippen LogP contribution in [0.2, 0.25) is 0 Å². The number of carbonyl (C=O) groups is 2. The summed E-state index contributed by atoms with van der Waals surface area (Å²) in [5, 5.41) is 0. The normalized spacial score (nSPS) is 18.0. The van der Waals surface area contributed by atoms with Crippen LogP contribution in [0.1, 0.15) is 18.4 Å². The lowest BCUT2D eigenvalue weighted by molar-refractivity contribution is -0.134. The number of rotatable bonds is 4. The molecule has 1 fully saturated rings. The number of esters is 1. The van der Waals surface area contributed by atoms with Gasteiger partial charge < -0.3 is 14.4 Å². The summed E-state index contributed by atoms with van der Waals surface area (Å²) >= 11 is 0. The monoisotopic (exact) mass is 289 g/mol. The zero-order chi connectivity index (χ0) is 15.1. The number of hydrogen-bond donors (Lipinski definition) is 0. The minimum absolute atomic E-state index is 0.104. The van der Waals surface area contributed by atoms with E-state index < -0.39 is 5.97 Å².